The summed E-state index contributed by atoms with van der Waals surface area (Å²) in [5.41, 5.74) is 10.2. The summed E-state index contributed by atoms with van der Waals surface area (Å²) in [5.74, 6) is 0.601. The van der Waals surface area contributed by atoms with Gasteiger partial charge in [0.1, 0.15) is 0 Å². The van der Waals surface area contributed by atoms with Crippen molar-refractivity contribution in [1.82, 2.24) is 0 Å². The van der Waals surface area contributed by atoms with E-state index in [9.17, 15) is 0 Å². The molecule has 0 bridgehead atoms. The smallest absolute Gasteiger partial charge is 0.00132 e. The van der Waals surface area contributed by atoms with Gasteiger partial charge < -0.3 is 0 Å². The van der Waals surface area contributed by atoms with Crippen molar-refractivity contribution in [1.29, 1.82) is 0 Å². The minimum absolute atomic E-state index is 0.601. The van der Waals surface area contributed by atoms with Gasteiger partial charge in [-0.3, -0.25) is 0 Å². The second-order valence-corrected chi connectivity index (χ2v) is 6.40. The SMILES string of the molecule is CC(C)C1=C(c2ccc3c(c2)Cc2ccccc2-3)CC=C1. The Labute approximate surface area is 126 Å². The van der Waals surface area contributed by atoms with Crippen LogP contribution in [0, 0.1) is 5.92 Å². The number of hydrogen-bond donors (Lipinski definition) is 0. The van der Waals surface area contributed by atoms with Crippen molar-refractivity contribution < 1.29 is 0 Å². The van der Waals surface area contributed by atoms with Crippen molar-refractivity contribution in [2.75, 3.05) is 0 Å². The number of benzene rings is 2. The second-order valence-electron chi connectivity index (χ2n) is 6.40. The molecule has 0 unspecified atom stereocenters. The van der Waals surface area contributed by atoms with Gasteiger partial charge in [-0.15, -0.1) is 0 Å². The minimum atomic E-state index is 0.601. The molecule has 0 amide bonds. The van der Waals surface area contributed by atoms with Crippen LogP contribution in [0.2, 0.25) is 0 Å². The zero-order valence-corrected chi connectivity index (χ0v) is 12.7. The highest BCUT2D eigenvalue weighted by Crippen LogP contribution is 2.40. The first kappa shape index (κ1) is 12.6. The predicted octanol–water partition coefficient (Wildman–Crippen LogP) is 5.63. The maximum Gasteiger partial charge on any atom is -0.00132 e. The molecule has 0 spiro atoms. The van der Waals surface area contributed by atoms with E-state index in [4.69, 9.17) is 0 Å². The van der Waals surface area contributed by atoms with Gasteiger partial charge in [0.05, 0.1) is 0 Å². The van der Waals surface area contributed by atoms with Gasteiger partial charge in [-0.25, -0.2) is 0 Å². The van der Waals surface area contributed by atoms with Crippen molar-refractivity contribution in [3.05, 3.63) is 76.9 Å². The Kier molecular flexibility index (Phi) is 2.85. The van der Waals surface area contributed by atoms with Crippen LogP contribution in [0.5, 0.6) is 0 Å². The summed E-state index contributed by atoms with van der Waals surface area (Å²) in [6.45, 7) is 4.57. The average molecular weight is 272 g/mol. The molecule has 4 rings (SSSR count). The molecule has 104 valence electrons. The van der Waals surface area contributed by atoms with Gasteiger partial charge >= 0.3 is 0 Å². The normalized spacial score (nSPS) is 15.8. The fourth-order valence-corrected chi connectivity index (χ4v) is 3.68. The number of fused-ring (bicyclic) bond motifs is 3. The first-order valence-electron chi connectivity index (χ1n) is 7.85. The summed E-state index contributed by atoms with van der Waals surface area (Å²) >= 11 is 0. The minimum Gasteiger partial charge on any atom is -0.0798 e. The molecule has 0 N–H and O–H groups in total. The maximum atomic E-state index is 2.42. The van der Waals surface area contributed by atoms with Crippen LogP contribution in [-0.2, 0) is 6.42 Å². The van der Waals surface area contributed by atoms with Gasteiger partial charge in [-0.1, -0.05) is 68.5 Å². The van der Waals surface area contributed by atoms with Gasteiger partial charge in [-0.05, 0) is 57.7 Å². The van der Waals surface area contributed by atoms with Crippen LogP contribution in [0.25, 0.3) is 16.7 Å². The summed E-state index contributed by atoms with van der Waals surface area (Å²) < 4.78 is 0. The van der Waals surface area contributed by atoms with E-state index in [1.165, 1.54) is 39.0 Å². The highest BCUT2D eigenvalue weighted by atomic mass is 14.2. The van der Waals surface area contributed by atoms with Crippen molar-refractivity contribution in [2.24, 2.45) is 5.92 Å². The molecule has 0 heterocycles. The van der Waals surface area contributed by atoms with E-state index in [0.29, 0.717) is 5.92 Å². The molecule has 0 aromatic heterocycles. The molecule has 0 aliphatic heterocycles. The Morgan fingerprint density at radius 1 is 0.905 bits per heavy atom. The van der Waals surface area contributed by atoms with Gasteiger partial charge in [0, 0.05) is 0 Å². The lowest BCUT2D eigenvalue weighted by Crippen LogP contribution is -1.94. The van der Waals surface area contributed by atoms with E-state index in [1.807, 2.05) is 0 Å². The third-order valence-corrected chi connectivity index (χ3v) is 4.73. The molecule has 0 heteroatoms. The molecule has 21 heavy (non-hydrogen) atoms. The summed E-state index contributed by atoms with van der Waals surface area (Å²) in [4.78, 5) is 0. The third-order valence-electron chi connectivity index (χ3n) is 4.73. The summed E-state index contributed by atoms with van der Waals surface area (Å²) in [6, 6.07) is 15.8. The Hall–Kier alpha value is -2.08. The van der Waals surface area contributed by atoms with Gasteiger partial charge in [0.25, 0.3) is 0 Å². The summed E-state index contributed by atoms with van der Waals surface area (Å²) in [5, 5.41) is 0. The number of allylic oxidation sites excluding steroid dienone is 4. The Balaban J connectivity index is 1.79. The van der Waals surface area contributed by atoms with E-state index in [1.54, 1.807) is 0 Å². The van der Waals surface area contributed by atoms with Crippen LogP contribution in [0.1, 0.15) is 37.0 Å². The topological polar surface area (TPSA) is 0 Å². The second kappa shape index (κ2) is 4.73. The van der Waals surface area contributed by atoms with Gasteiger partial charge in [-0.2, -0.15) is 0 Å². The molecule has 2 aliphatic carbocycles. The van der Waals surface area contributed by atoms with E-state index in [0.717, 1.165) is 12.8 Å². The van der Waals surface area contributed by atoms with Crippen LogP contribution in [0.4, 0.5) is 0 Å². The van der Waals surface area contributed by atoms with Crippen molar-refractivity contribution >= 4 is 5.57 Å². The standard InChI is InChI=1S/C21H20/c1-14(2)18-8-5-9-19(18)16-10-11-21-17(13-16)12-15-6-3-4-7-20(15)21/h3-8,10-11,13-14H,9,12H2,1-2H3. The lowest BCUT2D eigenvalue weighted by molar-refractivity contribution is 0.796. The molecular weight excluding hydrogens is 252 g/mol. The molecule has 2 aromatic rings. The number of rotatable bonds is 2. The highest BCUT2D eigenvalue weighted by molar-refractivity contribution is 5.81. The number of hydrogen-bond acceptors (Lipinski definition) is 0. The first-order valence-corrected chi connectivity index (χ1v) is 7.85. The highest BCUT2D eigenvalue weighted by Gasteiger charge is 2.20. The lowest BCUT2D eigenvalue weighted by Gasteiger charge is -2.12. The Morgan fingerprint density at radius 2 is 1.71 bits per heavy atom. The van der Waals surface area contributed by atoms with Crippen molar-refractivity contribution in [2.45, 2.75) is 26.7 Å². The fraction of sp³-hybridized carbons (Fsp3) is 0.238. The molecule has 0 radical (unpaired) electrons. The van der Waals surface area contributed by atoms with Crippen LogP contribution in [-0.4, -0.2) is 0 Å². The monoisotopic (exact) mass is 272 g/mol. The average Bonchev–Trinajstić information content (AvgIpc) is 3.11. The first-order chi connectivity index (χ1) is 10.2. The van der Waals surface area contributed by atoms with Crippen LogP contribution < -0.4 is 0 Å². The zero-order chi connectivity index (χ0) is 14.4. The molecule has 0 saturated carbocycles. The summed E-state index contributed by atoms with van der Waals surface area (Å²) in [7, 11) is 0. The van der Waals surface area contributed by atoms with E-state index in [-0.39, 0.29) is 0 Å². The van der Waals surface area contributed by atoms with Crippen LogP contribution >= 0.6 is 0 Å². The van der Waals surface area contributed by atoms with Crippen LogP contribution in [0.3, 0.4) is 0 Å². The Bertz CT molecular complexity index is 772. The zero-order valence-electron chi connectivity index (χ0n) is 12.7. The summed E-state index contributed by atoms with van der Waals surface area (Å²) in [6.07, 6.45) is 6.77. The molecule has 0 fully saturated rings. The molecule has 2 aliphatic rings. The van der Waals surface area contributed by atoms with E-state index >= 15 is 0 Å². The van der Waals surface area contributed by atoms with E-state index < -0.39 is 0 Å². The molecular formula is C21H20. The lowest BCUT2D eigenvalue weighted by atomic mass is 9.92. The predicted molar refractivity (Wildman–Crippen MR) is 90.2 cm³/mol. The van der Waals surface area contributed by atoms with Crippen molar-refractivity contribution in [3.8, 4) is 11.1 Å². The van der Waals surface area contributed by atoms with Crippen LogP contribution in [0.15, 0.2) is 60.2 Å². The quantitative estimate of drug-likeness (QED) is 0.567. The van der Waals surface area contributed by atoms with Gasteiger partial charge in [0.15, 0.2) is 0 Å². The maximum absolute atomic E-state index is 2.42. The molecule has 0 nitrogen and oxygen atoms in total. The van der Waals surface area contributed by atoms with Crippen molar-refractivity contribution in [3.63, 3.8) is 0 Å². The largest absolute Gasteiger partial charge is 0.0798 e. The third kappa shape index (κ3) is 1.98. The molecule has 0 atom stereocenters. The molecule has 2 aromatic carbocycles. The van der Waals surface area contributed by atoms with E-state index in [2.05, 4.69) is 68.5 Å². The molecule has 0 saturated heterocycles. The fourth-order valence-electron chi connectivity index (χ4n) is 3.68. The van der Waals surface area contributed by atoms with Gasteiger partial charge in [0.2, 0.25) is 0 Å². The Morgan fingerprint density at radius 3 is 2.57 bits per heavy atom.